The molecule has 0 amide bonds. The summed E-state index contributed by atoms with van der Waals surface area (Å²) in [6, 6.07) is 6.27. The number of hydrogen-bond acceptors (Lipinski definition) is 2. The van der Waals surface area contributed by atoms with Gasteiger partial charge in [0.05, 0.1) is 5.69 Å². The monoisotopic (exact) mass is 160 g/mol. The van der Waals surface area contributed by atoms with Gasteiger partial charge in [-0.3, -0.25) is 4.99 Å². The quantitative estimate of drug-likeness (QED) is 0.668. The lowest BCUT2D eigenvalue weighted by molar-refractivity contribution is 1.07. The van der Waals surface area contributed by atoms with E-state index in [1.54, 1.807) is 0 Å². The van der Waals surface area contributed by atoms with E-state index in [4.69, 9.17) is 5.73 Å². The zero-order valence-electron chi connectivity index (χ0n) is 7.17. The summed E-state index contributed by atoms with van der Waals surface area (Å²) in [7, 11) is 0. The highest BCUT2D eigenvalue weighted by Gasteiger charge is 2.10. The third kappa shape index (κ3) is 1.14. The van der Waals surface area contributed by atoms with Gasteiger partial charge in [-0.05, 0) is 24.1 Å². The molecular formula is C10H12N2. The Bertz CT molecular complexity index is 340. The lowest BCUT2D eigenvalue weighted by atomic mass is 10.1. The molecule has 0 radical (unpaired) electrons. The van der Waals surface area contributed by atoms with Crippen LogP contribution in [-0.4, -0.2) is 5.71 Å². The second-order valence-electron chi connectivity index (χ2n) is 3.19. The Hall–Kier alpha value is -1.15. The number of hydrogen-bond donors (Lipinski definition) is 1. The lowest BCUT2D eigenvalue weighted by Crippen LogP contribution is -1.95. The molecule has 1 aromatic rings. The van der Waals surface area contributed by atoms with Gasteiger partial charge in [0.1, 0.15) is 0 Å². The molecule has 0 bridgehead atoms. The van der Waals surface area contributed by atoms with Crippen LogP contribution < -0.4 is 5.73 Å². The molecule has 0 atom stereocenters. The molecular weight excluding hydrogens is 148 g/mol. The van der Waals surface area contributed by atoms with Crippen molar-refractivity contribution in [2.45, 2.75) is 19.9 Å². The number of nitrogens with two attached hydrogens (primary N) is 1. The van der Waals surface area contributed by atoms with Crippen LogP contribution in [0.2, 0.25) is 0 Å². The molecule has 0 saturated carbocycles. The van der Waals surface area contributed by atoms with Gasteiger partial charge in [0.2, 0.25) is 0 Å². The van der Waals surface area contributed by atoms with Crippen LogP contribution in [0.5, 0.6) is 0 Å². The predicted molar refractivity (Wildman–Crippen MR) is 50.8 cm³/mol. The van der Waals surface area contributed by atoms with E-state index >= 15 is 0 Å². The van der Waals surface area contributed by atoms with Crippen LogP contribution in [0.15, 0.2) is 23.2 Å². The van der Waals surface area contributed by atoms with Crippen LogP contribution in [0.4, 0.5) is 5.69 Å². The molecule has 1 heterocycles. The minimum absolute atomic E-state index is 0.599. The molecule has 0 aliphatic carbocycles. The summed E-state index contributed by atoms with van der Waals surface area (Å²) >= 11 is 0. The molecule has 1 aliphatic heterocycles. The molecule has 0 unspecified atom stereocenters. The fourth-order valence-electron chi connectivity index (χ4n) is 1.51. The van der Waals surface area contributed by atoms with E-state index in [9.17, 15) is 0 Å². The third-order valence-corrected chi connectivity index (χ3v) is 2.14. The molecule has 2 nitrogen and oxygen atoms in total. The maximum absolute atomic E-state index is 5.53. The van der Waals surface area contributed by atoms with E-state index in [1.165, 1.54) is 11.3 Å². The fourth-order valence-corrected chi connectivity index (χ4v) is 1.51. The molecule has 1 aromatic carbocycles. The van der Waals surface area contributed by atoms with E-state index in [1.807, 2.05) is 0 Å². The molecule has 0 saturated heterocycles. The molecule has 0 aromatic heterocycles. The maximum atomic E-state index is 5.53. The van der Waals surface area contributed by atoms with Crippen molar-refractivity contribution < 1.29 is 0 Å². The van der Waals surface area contributed by atoms with Crippen molar-refractivity contribution in [3.8, 4) is 0 Å². The van der Waals surface area contributed by atoms with Crippen molar-refractivity contribution in [2.24, 2.45) is 10.7 Å². The van der Waals surface area contributed by atoms with E-state index in [0.717, 1.165) is 17.7 Å². The van der Waals surface area contributed by atoms with Crippen molar-refractivity contribution in [3.05, 3.63) is 29.3 Å². The summed E-state index contributed by atoms with van der Waals surface area (Å²) in [5.41, 5.74) is 10.3. The summed E-state index contributed by atoms with van der Waals surface area (Å²) in [6.45, 7) is 2.66. The van der Waals surface area contributed by atoms with Gasteiger partial charge in [0, 0.05) is 18.7 Å². The molecule has 2 rings (SSSR count). The minimum atomic E-state index is 0.599. The van der Waals surface area contributed by atoms with Gasteiger partial charge in [-0.1, -0.05) is 12.1 Å². The van der Waals surface area contributed by atoms with Gasteiger partial charge in [-0.15, -0.1) is 0 Å². The van der Waals surface area contributed by atoms with Crippen LogP contribution in [0.3, 0.4) is 0 Å². The number of fused-ring (bicyclic) bond motifs is 1. The highest BCUT2D eigenvalue weighted by molar-refractivity contribution is 5.92. The number of rotatable bonds is 1. The Balaban J connectivity index is 2.45. The van der Waals surface area contributed by atoms with Gasteiger partial charge in [-0.2, -0.15) is 0 Å². The zero-order valence-corrected chi connectivity index (χ0v) is 7.17. The Morgan fingerprint density at radius 1 is 1.50 bits per heavy atom. The highest BCUT2D eigenvalue weighted by Crippen LogP contribution is 2.27. The molecule has 0 spiro atoms. The van der Waals surface area contributed by atoms with E-state index in [2.05, 4.69) is 30.1 Å². The summed E-state index contributed by atoms with van der Waals surface area (Å²) in [6.07, 6.45) is 1.00. The van der Waals surface area contributed by atoms with Crippen LogP contribution >= 0.6 is 0 Å². The Morgan fingerprint density at radius 3 is 3.08 bits per heavy atom. The van der Waals surface area contributed by atoms with Crippen LogP contribution in [-0.2, 0) is 13.0 Å². The van der Waals surface area contributed by atoms with Crippen LogP contribution in [0.1, 0.15) is 18.1 Å². The Labute approximate surface area is 72.1 Å². The Kier molecular flexibility index (Phi) is 1.70. The summed E-state index contributed by atoms with van der Waals surface area (Å²) in [5.74, 6) is 0. The van der Waals surface area contributed by atoms with Gasteiger partial charge in [-0.25, -0.2) is 0 Å². The minimum Gasteiger partial charge on any atom is -0.326 e. The van der Waals surface area contributed by atoms with E-state index in [-0.39, 0.29) is 0 Å². The predicted octanol–water partition coefficient (Wildman–Crippen LogP) is 1.79. The van der Waals surface area contributed by atoms with Crippen LogP contribution in [0.25, 0.3) is 0 Å². The third-order valence-electron chi connectivity index (χ3n) is 2.14. The fraction of sp³-hybridized carbons (Fsp3) is 0.300. The summed E-state index contributed by atoms with van der Waals surface area (Å²) in [4.78, 5) is 4.42. The average molecular weight is 160 g/mol. The normalized spacial score (nSPS) is 14.3. The van der Waals surface area contributed by atoms with Crippen LogP contribution in [0, 0.1) is 0 Å². The van der Waals surface area contributed by atoms with Gasteiger partial charge in [0.15, 0.2) is 0 Å². The van der Waals surface area contributed by atoms with Crippen molar-refractivity contribution in [1.29, 1.82) is 0 Å². The first-order valence-corrected chi connectivity index (χ1v) is 4.15. The maximum Gasteiger partial charge on any atom is 0.0668 e. The summed E-state index contributed by atoms with van der Waals surface area (Å²) in [5, 5.41) is 0. The topological polar surface area (TPSA) is 38.4 Å². The number of nitrogens with zero attached hydrogens (tertiary/aromatic N) is 1. The first-order chi connectivity index (χ1) is 5.79. The van der Waals surface area contributed by atoms with Gasteiger partial charge in [0.25, 0.3) is 0 Å². The Morgan fingerprint density at radius 2 is 2.33 bits per heavy atom. The van der Waals surface area contributed by atoms with Gasteiger partial charge < -0.3 is 5.73 Å². The van der Waals surface area contributed by atoms with Crippen molar-refractivity contribution in [1.82, 2.24) is 0 Å². The standard InChI is InChI=1S/C10H12N2/c1-7-4-9-3-2-8(6-11)5-10(9)12-7/h2-3,5H,4,6,11H2,1H3. The average Bonchev–Trinajstić information content (AvgIpc) is 2.43. The zero-order chi connectivity index (χ0) is 8.55. The van der Waals surface area contributed by atoms with Gasteiger partial charge >= 0.3 is 0 Å². The lowest BCUT2D eigenvalue weighted by Gasteiger charge is -1.99. The molecule has 2 N–H and O–H groups in total. The first-order valence-electron chi connectivity index (χ1n) is 4.15. The second kappa shape index (κ2) is 2.72. The van der Waals surface area contributed by atoms with Crippen molar-refractivity contribution >= 4 is 11.4 Å². The smallest absolute Gasteiger partial charge is 0.0668 e. The number of benzene rings is 1. The van der Waals surface area contributed by atoms with E-state index in [0.29, 0.717) is 6.54 Å². The largest absolute Gasteiger partial charge is 0.326 e. The molecule has 1 aliphatic rings. The first kappa shape index (κ1) is 7.50. The summed E-state index contributed by atoms with van der Waals surface area (Å²) < 4.78 is 0. The van der Waals surface area contributed by atoms with Crippen molar-refractivity contribution in [2.75, 3.05) is 0 Å². The molecule has 62 valence electrons. The second-order valence-corrected chi connectivity index (χ2v) is 3.19. The highest BCUT2D eigenvalue weighted by atomic mass is 14.8. The van der Waals surface area contributed by atoms with Crippen molar-refractivity contribution in [3.63, 3.8) is 0 Å². The number of aliphatic imine (C=N–C) groups is 1. The SMILES string of the molecule is CC1=Nc2cc(CN)ccc2C1. The molecule has 2 heteroatoms. The molecule has 0 fully saturated rings. The molecule has 12 heavy (non-hydrogen) atoms. The van der Waals surface area contributed by atoms with E-state index < -0.39 is 0 Å².